The summed E-state index contributed by atoms with van der Waals surface area (Å²) >= 11 is 0. The van der Waals surface area contributed by atoms with Crippen molar-refractivity contribution in [3.8, 4) is 0 Å². The van der Waals surface area contributed by atoms with E-state index in [1.807, 2.05) is 6.08 Å². The summed E-state index contributed by atoms with van der Waals surface area (Å²) in [6, 6.07) is -4.72. The first-order valence-corrected chi connectivity index (χ1v) is 23.3. The molecule has 0 bridgehead atoms. The smallest absolute Gasteiger partial charge is 0.415 e. The first kappa shape index (κ1) is 54.5. The summed E-state index contributed by atoms with van der Waals surface area (Å²) in [5, 5.41) is 59.8. The third-order valence-electron chi connectivity index (χ3n) is 11.9. The number of β-amino-alcohol motifs (C(OH)–C–C–N with tert-alkyl or cyclic N) is 1. The summed E-state index contributed by atoms with van der Waals surface area (Å²) in [4.78, 5) is 69.3. The Labute approximate surface area is 398 Å². The number of carbonyl (C=O) groups is 5. The Kier molecular flexibility index (Phi) is 16.7. The molecule has 0 aromatic carbocycles. The molecule has 2 saturated carbocycles. The number of likely N-dealkylation sites (N-methyl/N-ethyl adjacent to an activating group) is 1. The number of nitrogens with one attached hydrogen (secondary N) is 4. The number of nitrogens with zero attached hydrogens (tertiary/aromatic N) is 2. The molecule has 3 heterocycles. The second kappa shape index (κ2) is 20.9. The van der Waals surface area contributed by atoms with Crippen LogP contribution in [0.25, 0.3) is 0 Å². The lowest BCUT2D eigenvalue weighted by Gasteiger charge is -2.52. The molecule has 5 aliphatic rings. The highest BCUT2D eigenvalue weighted by Gasteiger charge is 2.58. The Morgan fingerprint density at radius 3 is 1.99 bits per heavy atom. The number of aliphatic hydroxyl groups excluding tert-OH is 2. The van der Waals surface area contributed by atoms with Crippen LogP contribution in [0.1, 0.15) is 102 Å². The van der Waals surface area contributed by atoms with Crippen LogP contribution < -0.4 is 21.3 Å². The van der Waals surface area contributed by atoms with E-state index in [1.165, 1.54) is 20.9 Å². The van der Waals surface area contributed by atoms with E-state index in [-0.39, 0.29) is 18.6 Å². The second-order valence-electron chi connectivity index (χ2n) is 22.1. The van der Waals surface area contributed by atoms with E-state index in [0.717, 1.165) is 29.2 Å². The molecule has 0 radical (unpaired) electrons. The van der Waals surface area contributed by atoms with Gasteiger partial charge in [0.2, 0.25) is 0 Å². The number of ether oxygens (including phenoxy) is 7. The maximum absolute atomic E-state index is 14.1. The molecule has 386 valence electrons. The zero-order valence-corrected chi connectivity index (χ0v) is 41.6. The molecule has 3 aliphatic heterocycles. The third-order valence-corrected chi connectivity index (χ3v) is 11.9. The van der Waals surface area contributed by atoms with Crippen molar-refractivity contribution in [1.82, 2.24) is 31.1 Å². The van der Waals surface area contributed by atoms with Gasteiger partial charge in [-0.25, -0.2) is 19.2 Å². The van der Waals surface area contributed by atoms with Gasteiger partial charge in [-0.1, -0.05) is 6.58 Å². The average molecular weight is 969 g/mol. The second-order valence-corrected chi connectivity index (χ2v) is 22.1. The fourth-order valence-electron chi connectivity index (χ4n) is 8.79. The van der Waals surface area contributed by atoms with Crippen LogP contribution in [0.4, 0.5) is 19.2 Å². The van der Waals surface area contributed by atoms with E-state index in [4.69, 9.17) is 33.2 Å². The average Bonchev–Trinajstić information content (AvgIpc) is 3.98. The van der Waals surface area contributed by atoms with E-state index in [1.54, 1.807) is 62.3 Å². The SMILES string of the molecule is C=C(C)OC(=O)N1CC(O)(C(=O)N[C@@H]2C[C@H](NC(=O)OC(C)(C)C)C([C@H]3OC(CNCC4CC4)=CC[C@H]3NC(=O)OC(C)(C)C)[C@H](O)[C@H]2O[C@H]2OC[C@](C)(O)[C@H](N(C)C(=O)OC(C)(C)C)[C@H]2O)C1. The number of aliphatic hydroxyl groups is 4. The Balaban J connectivity index is 1.55. The van der Waals surface area contributed by atoms with Crippen LogP contribution in [0.2, 0.25) is 0 Å². The van der Waals surface area contributed by atoms with Crippen molar-refractivity contribution in [1.29, 1.82) is 0 Å². The van der Waals surface area contributed by atoms with E-state index in [9.17, 15) is 44.4 Å². The summed E-state index contributed by atoms with van der Waals surface area (Å²) in [6.45, 7) is 21.1. The lowest BCUT2D eigenvalue weighted by atomic mass is 9.72. The predicted molar refractivity (Wildman–Crippen MR) is 242 cm³/mol. The number of allylic oxidation sites excluding steroid dienone is 1. The van der Waals surface area contributed by atoms with Gasteiger partial charge in [0, 0.05) is 19.0 Å². The minimum absolute atomic E-state index is 0.0972. The van der Waals surface area contributed by atoms with Gasteiger partial charge in [0.15, 0.2) is 11.9 Å². The molecule has 2 saturated heterocycles. The molecule has 2 aliphatic carbocycles. The van der Waals surface area contributed by atoms with Gasteiger partial charge in [-0.05, 0) is 120 Å². The van der Waals surface area contributed by atoms with Crippen molar-refractivity contribution < 1.29 is 77.6 Å². The summed E-state index contributed by atoms with van der Waals surface area (Å²) < 4.78 is 41.0. The van der Waals surface area contributed by atoms with Crippen LogP contribution in [0.3, 0.4) is 0 Å². The highest BCUT2D eigenvalue weighted by molar-refractivity contribution is 5.89. The predicted octanol–water partition coefficient (Wildman–Crippen LogP) is 2.12. The molecule has 8 N–H and O–H groups in total. The molecular weight excluding hydrogens is 893 g/mol. The maximum Gasteiger partial charge on any atom is 0.415 e. The zero-order valence-electron chi connectivity index (χ0n) is 41.6. The van der Waals surface area contributed by atoms with Gasteiger partial charge in [0.05, 0.1) is 56.2 Å². The van der Waals surface area contributed by atoms with Gasteiger partial charge < -0.3 is 84.7 Å². The van der Waals surface area contributed by atoms with Crippen molar-refractivity contribution in [2.75, 3.05) is 39.8 Å². The molecule has 22 heteroatoms. The van der Waals surface area contributed by atoms with E-state index in [2.05, 4.69) is 27.8 Å². The zero-order chi connectivity index (χ0) is 50.9. The minimum Gasteiger partial charge on any atom is -0.491 e. The normalized spacial score (nSPS) is 31.6. The molecule has 68 heavy (non-hydrogen) atoms. The molecule has 4 fully saturated rings. The Morgan fingerprint density at radius 1 is 0.868 bits per heavy atom. The number of amides is 5. The third kappa shape index (κ3) is 14.5. The van der Waals surface area contributed by atoms with Gasteiger partial charge in [-0.3, -0.25) is 4.79 Å². The number of likely N-dealkylation sites (tertiary alicyclic amines) is 1. The van der Waals surface area contributed by atoms with Gasteiger partial charge in [-0.15, -0.1) is 0 Å². The molecule has 0 aromatic rings. The van der Waals surface area contributed by atoms with E-state index >= 15 is 0 Å². The highest BCUT2D eigenvalue weighted by Crippen LogP contribution is 2.39. The molecule has 5 rings (SSSR count). The lowest BCUT2D eigenvalue weighted by molar-refractivity contribution is -0.306. The first-order valence-electron chi connectivity index (χ1n) is 23.3. The molecule has 0 spiro atoms. The maximum atomic E-state index is 14.1. The molecule has 11 atom stereocenters. The summed E-state index contributed by atoms with van der Waals surface area (Å²) in [5.74, 6) is -1.04. The number of carbonyl (C=O) groups excluding carboxylic acids is 5. The Hall–Kier alpha value is -4.45. The molecule has 1 unspecified atom stereocenters. The minimum atomic E-state index is -2.14. The monoisotopic (exact) mass is 969 g/mol. The quantitative estimate of drug-likeness (QED) is 0.0969. The topological polar surface area (TPSA) is 285 Å². The standard InChI is InChI=1S/C46H76N6O16/c1-24(2)63-41(59)52-21-46(61,22-52)37(55)48-29-18-28(50-39(57)67-43(6,7)8)30(33-27(49-38(56)66-42(3,4)5)17-16-26(64-33)20-47-19-25-14-15-25)31(53)34(29)65-36-32(54)35(45(12,60)23-62-36)51(13)40(58)68-44(9,10)11/h16,25,27-36,47,53-54,60-61H,1,14-15,17-23H2,2-13H3,(H,48,55)(H,49,56)(H,50,57)/t27-,28+,29-,30?,31+,32-,33+,34+,35-,36-,45+/m1/s1. The van der Waals surface area contributed by atoms with Crippen LogP contribution in [-0.4, -0.2) is 183 Å². The van der Waals surface area contributed by atoms with E-state index in [0.29, 0.717) is 18.2 Å². The van der Waals surface area contributed by atoms with Crippen LogP contribution in [0.5, 0.6) is 0 Å². The van der Waals surface area contributed by atoms with Crippen molar-refractivity contribution in [3.05, 3.63) is 24.2 Å². The van der Waals surface area contributed by atoms with Crippen molar-refractivity contribution in [3.63, 3.8) is 0 Å². The first-order chi connectivity index (χ1) is 31.3. The van der Waals surface area contributed by atoms with Gasteiger partial charge in [0.1, 0.15) is 46.5 Å². The van der Waals surface area contributed by atoms with Gasteiger partial charge in [-0.2, -0.15) is 0 Å². The van der Waals surface area contributed by atoms with Crippen molar-refractivity contribution >= 4 is 30.3 Å². The van der Waals surface area contributed by atoms with E-state index < -0.39 is 139 Å². The van der Waals surface area contributed by atoms with Crippen LogP contribution in [-0.2, 0) is 38.0 Å². The number of hydrogen-bond acceptors (Lipinski definition) is 17. The molecule has 0 aromatic heterocycles. The lowest BCUT2D eigenvalue weighted by Crippen LogP contribution is -2.74. The Morgan fingerprint density at radius 2 is 1.44 bits per heavy atom. The highest BCUT2D eigenvalue weighted by atomic mass is 16.7. The Bertz CT molecular complexity index is 1880. The summed E-state index contributed by atoms with van der Waals surface area (Å²) in [5.41, 5.74) is -6.79. The number of rotatable bonds is 13. The fourth-order valence-corrected chi connectivity index (χ4v) is 8.79. The summed E-state index contributed by atoms with van der Waals surface area (Å²) in [6.07, 6.45) is -7.34. The summed E-state index contributed by atoms with van der Waals surface area (Å²) in [7, 11) is 1.33. The van der Waals surface area contributed by atoms with Gasteiger partial charge in [0.25, 0.3) is 5.91 Å². The van der Waals surface area contributed by atoms with Gasteiger partial charge >= 0.3 is 24.4 Å². The van der Waals surface area contributed by atoms with Crippen molar-refractivity contribution in [2.45, 2.75) is 185 Å². The fraction of sp³-hybridized carbons (Fsp3) is 0.804. The van der Waals surface area contributed by atoms with Crippen LogP contribution in [0.15, 0.2) is 24.2 Å². The molecule has 5 amide bonds. The number of alkyl carbamates (subject to hydrolysis) is 2. The largest absolute Gasteiger partial charge is 0.491 e. The van der Waals surface area contributed by atoms with Crippen LogP contribution >= 0.6 is 0 Å². The number of hydrogen-bond donors (Lipinski definition) is 8. The molecule has 22 nitrogen and oxygen atoms in total. The van der Waals surface area contributed by atoms with Crippen LogP contribution in [0, 0.1) is 11.8 Å². The van der Waals surface area contributed by atoms with Crippen molar-refractivity contribution in [2.24, 2.45) is 11.8 Å². The molecular formula is C46H76N6O16.